The van der Waals surface area contributed by atoms with Crippen molar-refractivity contribution in [1.29, 1.82) is 0 Å². The second-order valence-corrected chi connectivity index (χ2v) is 11.8. The Balaban J connectivity index is 2.99. The first-order valence-electron chi connectivity index (χ1n) is 12.2. The molecule has 13 heteroatoms. The molecule has 13 nitrogen and oxygen atoms in total. The monoisotopic (exact) mass is 537 g/mol. The average molecular weight is 538 g/mol. The van der Waals surface area contributed by atoms with Crippen molar-refractivity contribution in [2.75, 3.05) is 20.2 Å². The van der Waals surface area contributed by atoms with E-state index in [1.165, 1.54) is 0 Å². The molecule has 1 fully saturated rings. The van der Waals surface area contributed by atoms with E-state index in [1.54, 1.807) is 0 Å². The van der Waals surface area contributed by atoms with Crippen molar-refractivity contribution in [3.05, 3.63) is 0 Å². The van der Waals surface area contributed by atoms with Crippen molar-refractivity contribution in [2.24, 2.45) is 16.7 Å². The maximum absolute atomic E-state index is 11.4. The molecule has 1 rings (SSSR count). The highest BCUT2D eigenvalue weighted by Gasteiger charge is 2.48. The molecule has 0 amide bonds. The fraction of sp³-hybridized carbons (Fsp3) is 0.917. The van der Waals surface area contributed by atoms with Gasteiger partial charge >= 0.3 is 0 Å². The van der Waals surface area contributed by atoms with E-state index in [-0.39, 0.29) is 23.3 Å². The van der Waals surface area contributed by atoms with Crippen LogP contribution in [0, 0.1) is 16.7 Å². The Hall–Kier alpha value is -1.42. The van der Waals surface area contributed by atoms with E-state index in [2.05, 4.69) is 46.9 Å². The summed E-state index contributed by atoms with van der Waals surface area (Å²) in [6.45, 7) is 12.8. The van der Waals surface area contributed by atoms with Gasteiger partial charge in [-0.1, -0.05) is 41.5 Å². The van der Waals surface area contributed by atoms with Crippen LogP contribution < -0.4 is 15.5 Å². The maximum Gasteiger partial charge on any atom is 0.187 e. The number of ether oxygens (including phenoxy) is 3. The van der Waals surface area contributed by atoms with E-state index in [9.17, 15) is 45.3 Å². The van der Waals surface area contributed by atoms with Gasteiger partial charge < -0.3 is 64.9 Å². The first-order chi connectivity index (χ1) is 16.8. The summed E-state index contributed by atoms with van der Waals surface area (Å²) in [6.07, 6.45) is -16.9. The second kappa shape index (κ2) is 13.6. The third-order valence-electron chi connectivity index (χ3n) is 6.45. The number of carbonyl (C=O) groups is 2. The number of hydrogen-bond donors (Lipinski definition) is 6. The van der Waals surface area contributed by atoms with E-state index in [1.807, 2.05) is 0 Å². The zero-order valence-electron chi connectivity index (χ0n) is 22.5. The van der Waals surface area contributed by atoms with Crippen LogP contribution >= 0.6 is 0 Å². The van der Waals surface area contributed by atoms with Gasteiger partial charge in [0.25, 0.3) is 0 Å². The molecule has 0 aromatic heterocycles. The predicted molar refractivity (Wildman–Crippen MR) is 124 cm³/mol. The minimum Gasteiger partial charge on any atom is -0.547 e. The molecule has 1 saturated heterocycles. The molecule has 1 heterocycles. The summed E-state index contributed by atoms with van der Waals surface area (Å²) in [5.41, 5.74) is -0.0442. The number of nitrogens with one attached hydrogen (secondary N) is 1. The highest BCUT2D eigenvalue weighted by molar-refractivity contribution is 5.71. The molecule has 0 spiro atoms. The number of carbonyl (C=O) groups excluding carboxylic acids is 2. The van der Waals surface area contributed by atoms with Crippen LogP contribution in [0.15, 0.2) is 0 Å². The van der Waals surface area contributed by atoms with Crippen LogP contribution in [0.3, 0.4) is 0 Å². The standard InChI is InChI=1S/C24H45NO12/c1-23(2,3)8-11(24(4,5)6)9-25-10-12(26)13(27)17(16(30)20(31)32)36-22-15(29)14(28)18(35-7)19(37-22)21(33)34/h11-19,22,25-30H,8-10H2,1-7H3,(H,31,32)(H,33,34)/p-2. The number of carboxylic acid groups (broad SMARTS) is 2. The molecule has 0 aliphatic carbocycles. The van der Waals surface area contributed by atoms with Crippen LogP contribution in [0.5, 0.6) is 0 Å². The summed E-state index contributed by atoms with van der Waals surface area (Å²) >= 11 is 0. The van der Waals surface area contributed by atoms with Crippen LogP contribution in [-0.2, 0) is 23.8 Å². The predicted octanol–water partition coefficient (Wildman–Crippen LogP) is -3.90. The van der Waals surface area contributed by atoms with Crippen molar-refractivity contribution in [1.82, 2.24) is 5.32 Å². The summed E-state index contributed by atoms with van der Waals surface area (Å²) in [6, 6.07) is 0. The van der Waals surface area contributed by atoms with Crippen molar-refractivity contribution < 1.29 is 59.5 Å². The number of aliphatic carboxylic acids is 2. The van der Waals surface area contributed by atoms with Crippen LogP contribution in [0.4, 0.5) is 0 Å². The summed E-state index contributed by atoms with van der Waals surface area (Å²) in [7, 11) is 1.06. The molecule has 1 aliphatic rings. The van der Waals surface area contributed by atoms with E-state index >= 15 is 0 Å². The lowest BCUT2D eigenvalue weighted by atomic mass is 9.72. The summed E-state index contributed by atoms with van der Waals surface area (Å²) in [5, 5.41) is 77.6. The van der Waals surface area contributed by atoms with Crippen molar-refractivity contribution >= 4 is 11.9 Å². The molecular weight excluding hydrogens is 494 g/mol. The first kappa shape index (κ1) is 33.6. The normalized spacial score (nSPS) is 29.2. The first-order valence-corrected chi connectivity index (χ1v) is 12.2. The third kappa shape index (κ3) is 9.68. The van der Waals surface area contributed by atoms with E-state index in [0.717, 1.165) is 13.5 Å². The SMILES string of the molecule is COC1C(C(=O)[O-])OC(OC(C(O)C(=O)[O-])C(O)C(O)CNCC(CC(C)(C)C)C(C)(C)C)C(O)C1O. The number of methoxy groups -OCH3 is 1. The van der Waals surface area contributed by atoms with Gasteiger partial charge in [-0.15, -0.1) is 0 Å². The van der Waals surface area contributed by atoms with E-state index in [0.29, 0.717) is 6.54 Å². The summed E-state index contributed by atoms with van der Waals surface area (Å²) in [5.74, 6) is -3.71. The lowest BCUT2D eigenvalue weighted by Crippen LogP contribution is -2.65. The summed E-state index contributed by atoms with van der Waals surface area (Å²) < 4.78 is 15.1. The number of aliphatic hydroxyl groups excluding tert-OH is 5. The molecule has 0 radical (unpaired) electrons. The highest BCUT2D eigenvalue weighted by Crippen LogP contribution is 2.35. The highest BCUT2D eigenvalue weighted by atomic mass is 16.7. The fourth-order valence-electron chi connectivity index (χ4n) is 4.20. The third-order valence-corrected chi connectivity index (χ3v) is 6.45. The number of hydrogen-bond acceptors (Lipinski definition) is 13. The fourth-order valence-corrected chi connectivity index (χ4v) is 4.20. The van der Waals surface area contributed by atoms with Crippen LogP contribution in [0.2, 0.25) is 0 Å². The molecule has 0 aromatic carbocycles. The van der Waals surface area contributed by atoms with Gasteiger partial charge in [-0.2, -0.15) is 0 Å². The Morgan fingerprint density at radius 3 is 2.00 bits per heavy atom. The van der Waals surface area contributed by atoms with Crippen LogP contribution in [-0.4, -0.2) is 113 Å². The Labute approximate surface area is 217 Å². The molecule has 10 atom stereocenters. The zero-order chi connectivity index (χ0) is 28.9. The number of carboxylic acids is 2. The molecule has 0 saturated carbocycles. The van der Waals surface area contributed by atoms with Gasteiger partial charge in [0.1, 0.15) is 42.7 Å². The average Bonchev–Trinajstić information content (AvgIpc) is 2.76. The Bertz CT molecular complexity index is 736. The molecule has 0 aromatic rings. The lowest BCUT2D eigenvalue weighted by Gasteiger charge is -2.44. The molecule has 0 bridgehead atoms. The number of rotatable bonds is 13. The minimum atomic E-state index is -2.51. The molecular formula is C24H43NO12-2. The second-order valence-electron chi connectivity index (χ2n) is 11.8. The smallest absolute Gasteiger partial charge is 0.187 e. The van der Waals surface area contributed by atoms with Gasteiger partial charge in [0.2, 0.25) is 0 Å². The topological polar surface area (TPSA) is 221 Å². The van der Waals surface area contributed by atoms with Gasteiger partial charge in [0.05, 0.1) is 18.0 Å². The maximum atomic E-state index is 11.4. The van der Waals surface area contributed by atoms with Gasteiger partial charge in [0.15, 0.2) is 6.29 Å². The summed E-state index contributed by atoms with van der Waals surface area (Å²) in [4.78, 5) is 22.8. The van der Waals surface area contributed by atoms with Crippen molar-refractivity contribution in [2.45, 2.75) is 103 Å². The lowest BCUT2D eigenvalue weighted by molar-refractivity contribution is -0.363. The minimum absolute atomic E-state index is 0.0336. The van der Waals surface area contributed by atoms with Crippen LogP contribution in [0.1, 0.15) is 48.0 Å². The van der Waals surface area contributed by atoms with Crippen molar-refractivity contribution in [3.8, 4) is 0 Å². The van der Waals surface area contributed by atoms with Gasteiger partial charge in [-0.3, -0.25) is 0 Å². The van der Waals surface area contributed by atoms with Crippen molar-refractivity contribution in [3.63, 3.8) is 0 Å². The van der Waals surface area contributed by atoms with E-state index in [4.69, 9.17) is 14.2 Å². The van der Waals surface area contributed by atoms with Crippen LogP contribution in [0.25, 0.3) is 0 Å². The van der Waals surface area contributed by atoms with E-state index < -0.39 is 67.1 Å². The molecule has 6 N–H and O–H groups in total. The van der Waals surface area contributed by atoms with Gasteiger partial charge in [-0.05, 0) is 29.7 Å². The molecule has 37 heavy (non-hydrogen) atoms. The molecule has 218 valence electrons. The Morgan fingerprint density at radius 2 is 1.57 bits per heavy atom. The Kier molecular flexibility index (Phi) is 12.3. The van der Waals surface area contributed by atoms with Gasteiger partial charge in [0, 0.05) is 13.7 Å². The number of aliphatic hydroxyl groups is 5. The molecule has 10 unspecified atom stereocenters. The van der Waals surface area contributed by atoms with Gasteiger partial charge in [-0.25, -0.2) is 0 Å². The largest absolute Gasteiger partial charge is 0.547 e. The zero-order valence-corrected chi connectivity index (χ0v) is 22.5. The quantitative estimate of drug-likeness (QED) is 0.132. The molecule has 1 aliphatic heterocycles. The Morgan fingerprint density at radius 1 is 1.00 bits per heavy atom.